The van der Waals surface area contributed by atoms with E-state index in [-0.39, 0.29) is 23.5 Å². The summed E-state index contributed by atoms with van der Waals surface area (Å²) in [5.41, 5.74) is 0.947. The average Bonchev–Trinajstić information content (AvgIpc) is 2.99. The van der Waals surface area contributed by atoms with Gasteiger partial charge in [0.2, 0.25) is 5.95 Å². The molecule has 4 rings (SSSR count). The third-order valence-corrected chi connectivity index (χ3v) is 4.53. The molecule has 10 heteroatoms. The lowest BCUT2D eigenvalue weighted by Gasteiger charge is -2.26. The van der Waals surface area contributed by atoms with E-state index in [1.165, 1.54) is 29.1 Å². The second kappa shape index (κ2) is 7.69. The van der Waals surface area contributed by atoms with Crippen LogP contribution in [0.25, 0.3) is 11.4 Å². The highest BCUT2D eigenvalue weighted by Gasteiger charge is 2.20. The molecule has 0 amide bonds. The lowest BCUT2D eigenvalue weighted by Crippen LogP contribution is -2.32. The summed E-state index contributed by atoms with van der Waals surface area (Å²) >= 11 is 5.69. The number of hydrogen-bond donors (Lipinski definition) is 1. The van der Waals surface area contributed by atoms with Gasteiger partial charge in [0.1, 0.15) is 12.4 Å². The fourth-order valence-corrected chi connectivity index (χ4v) is 2.69. The van der Waals surface area contributed by atoms with Crippen LogP contribution in [0.1, 0.15) is 6.42 Å². The highest BCUT2D eigenvalue weighted by molar-refractivity contribution is 6.30. The van der Waals surface area contributed by atoms with Gasteiger partial charge in [-0.2, -0.15) is 9.37 Å². The monoisotopic (exact) mass is 407 g/mol. The fourth-order valence-electron chi connectivity index (χ4n) is 2.57. The van der Waals surface area contributed by atoms with Crippen LogP contribution in [-0.2, 0) is 11.8 Å². The summed E-state index contributed by atoms with van der Waals surface area (Å²) in [4.78, 5) is 8.08. The highest BCUT2D eigenvalue weighted by Crippen LogP contribution is 2.26. The van der Waals surface area contributed by atoms with Crippen molar-refractivity contribution in [3.05, 3.63) is 47.2 Å². The molecule has 0 saturated carbocycles. The molecule has 146 valence electrons. The molecule has 1 atom stereocenters. The first-order chi connectivity index (χ1) is 13.5. The Hall–Kier alpha value is -2.78. The Labute approximate surface area is 164 Å². The van der Waals surface area contributed by atoms with Crippen molar-refractivity contribution in [2.45, 2.75) is 12.5 Å². The Morgan fingerprint density at radius 2 is 2.18 bits per heavy atom. The number of aromatic nitrogens is 4. The molecule has 0 radical (unpaired) electrons. The molecule has 0 aliphatic carbocycles. The van der Waals surface area contributed by atoms with Crippen LogP contribution in [-0.4, -0.2) is 39.1 Å². The van der Waals surface area contributed by atoms with E-state index in [2.05, 4.69) is 20.4 Å². The van der Waals surface area contributed by atoms with Gasteiger partial charge in [0, 0.05) is 37.5 Å². The zero-order chi connectivity index (χ0) is 19.7. The van der Waals surface area contributed by atoms with Crippen LogP contribution in [0.2, 0.25) is 5.02 Å². The molecule has 0 spiro atoms. The lowest BCUT2D eigenvalue weighted by molar-refractivity contribution is -0.0726. The molecule has 1 saturated heterocycles. The molecular weight excluding hydrogens is 392 g/mol. The molecule has 7 nitrogen and oxygen atoms in total. The number of nitrogens with one attached hydrogen (secondary N) is 1. The van der Waals surface area contributed by atoms with Crippen molar-refractivity contribution in [2.75, 3.05) is 18.5 Å². The van der Waals surface area contributed by atoms with Gasteiger partial charge in [-0.15, -0.1) is 5.10 Å². The normalized spacial score (nSPS) is 15.9. The van der Waals surface area contributed by atoms with Gasteiger partial charge < -0.3 is 14.8 Å². The van der Waals surface area contributed by atoms with E-state index in [4.69, 9.17) is 21.1 Å². The lowest BCUT2D eigenvalue weighted by atomic mass is 10.2. The van der Waals surface area contributed by atoms with Crippen LogP contribution >= 0.6 is 11.6 Å². The number of hydrogen-bond acceptors (Lipinski definition) is 6. The summed E-state index contributed by atoms with van der Waals surface area (Å²) in [7, 11) is 1.67. The van der Waals surface area contributed by atoms with Crippen molar-refractivity contribution in [3.8, 4) is 17.1 Å². The van der Waals surface area contributed by atoms with Crippen LogP contribution < -0.4 is 10.1 Å². The summed E-state index contributed by atoms with van der Waals surface area (Å²) in [6.45, 7) is 0.951. The first kappa shape index (κ1) is 18.6. The Bertz CT molecular complexity index is 1010. The average molecular weight is 408 g/mol. The third-order valence-electron chi connectivity index (χ3n) is 4.22. The number of pyridine rings is 1. The van der Waals surface area contributed by atoms with Gasteiger partial charge in [0.25, 0.3) is 5.95 Å². The Morgan fingerprint density at radius 3 is 2.89 bits per heavy atom. The minimum Gasteiger partial charge on any atom is -0.486 e. The SMILES string of the molecule is Cn1nc(-c2cnc(F)c(OCC3CCO3)c2)nc1Nc1ccc(Cl)c(F)c1. The van der Waals surface area contributed by atoms with E-state index in [1.54, 1.807) is 13.1 Å². The molecule has 1 aliphatic heterocycles. The van der Waals surface area contributed by atoms with Crippen LogP contribution in [0.15, 0.2) is 30.5 Å². The molecule has 2 aromatic heterocycles. The molecule has 1 aromatic carbocycles. The van der Waals surface area contributed by atoms with Crippen molar-refractivity contribution in [3.63, 3.8) is 0 Å². The summed E-state index contributed by atoms with van der Waals surface area (Å²) in [6.07, 6.45) is 2.19. The van der Waals surface area contributed by atoms with Crippen molar-refractivity contribution in [2.24, 2.45) is 7.05 Å². The van der Waals surface area contributed by atoms with Gasteiger partial charge in [0.15, 0.2) is 11.6 Å². The molecule has 1 unspecified atom stereocenters. The smallest absolute Gasteiger partial charge is 0.255 e. The molecule has 28 heavy (non-hydrogen) atoms. The third kappa shape index (κ3) is 3.90. The summed E-state index contributed by atoms with van der Waals surface area (Å²) in [6, 6.07) is 5.80. The largest absolute Gasteiger partial charge is 0.486 e. The van der Waals surface area contributed by atoms with E-state index < -0.39 is 11.8 Å². The maximum absolute atomic E-state index is 13.9. The van der Waals surface area contributed by atoms with Crippen LogP contribution in [0.5, 0.6) is 5.75 Å². The number of halogens is 3. The zero-order valence-electron chi connectivity index (χ0n) is 14.8. The van der Waals surface area contributed by atoms with E-state index in [0.717, 1.165) is 6.42 Å². The van der Waals surface area contributed by atoms with Gasteiger partial charge in [0.05, 0.1) is 11.1 Å². The Morgan fingerprint density at radius 1 is 1.36 bits per heavy atom. The second-order valence-corrected chi connectivity index (χ2v) is 6.65. The van der Waals surface area contributed by atoms with Crippen LogP contribution in [0.4, 0.5) is 20.4 Å². The van der Waals surface area contributed by atoms with Crippen molar-refractivity contribution >= 4 is 23.2 Å². The fraction of sp³-hybridized carbons (Fsp3) is 0.278. The first-order valence-electron chi connectivity index (χ1n) is 8.53. The Kier molecular flexibility index (Phi) is 5.10. The summed E-state index contributed by atoms with van der Waals surface area (Å²) < 4.78 is 39.7. The van der Waals surface area contributed by atoms with Gasteiger partial charge in [-0.25, -0.2) is 14.1 Å². The molecule has 1 fully saturated rings. The second-order valence-electron chi connectivity index (χ2n) is 6.24. The minimum atomic E-state index is -0.714. The topological polar surface area (TPSA) is 74.1 Å². The van der Waals surface area contributed by atoms with Crippen molar-refractivity contribution in [1.82, 2.24) is 19.7 Å². The Balaban J connectivity index is 1.54. The summed E-state index contributed by atoms with van der Waals surface area (Å²) in [5.74, 6) is -0.569. The van der Waals surface area contributed by atoms with E-state index in [9.17, 15) is 8.78 Å². The van der Waals surface area contributed by atoms with Crippen LogP contribution in [0.3, 0.4) is 0 Å². The molecule has 1 N–H and O–H groups in total. The number of nitrogens with zero attached hydrogens (tertiary/aromatic N) is 4. The number of benzene rings is 1. The maximum Gasteiger partial charge on any atom is 0.255 e. The van der Waals surface area contributed by atoms with Crippen molar-refractivity contribution < 1.29 is 18.3 Å². The first-order valence-corrected chi connectivity index (χ1v) is 8.91. The predicted molar refractivity (Wildman–Crippen MR) is 98.7 cm³/mol. The number of anilines is 2. The number of rotatable bonds is 6. The minimum absolute atomic E-state index is 0.00901. The molecule has 0 bridgehead atoms. The number of aryl methyl sites for hydroxylation is 1. The number of ether oxygens (including phenoxy) is 2. The quantitative estimate of drug-likeness (QED) is 0.628. The standard InChI is InChI=1S/C18H16ClF2N5O2/c1-26-18(23-11-2-3-13(19)14(20)7-11)24-17(25-26)10-6-15(16(21)22-8-10)28-9-12-4-5-27-12/h2-3,6-8,12H,4-5,9H2,1H3,(H,23,24,25). The van der Waals surface area contributed by atoms with E-state index in [0.29, 0.717) is 29.6 Å². The van der Waals surface area contributed by atoms with Crippen molar-refractivity contribution in [1.29, 1.82) is 0 Å². The molecular formula is C18H16ClF2N5O2. The van der Waals surface area contributed by atoms with Gasteiger partial charge in [-0.05, 0) is 24.3 Å². The van der Waals surface area contributed by atoms with E-state index >= 15 is 0 Å². The highest BCUT2D eigenvalue weighted by atomic mass is 35.5. The van der Waals surface area contributed by atoms with Crippen LogP contribution in [0, 0.1) is 11.8 Å². The predicted octanol–water partition coefficient (Wildman–Crippen LogP) is 3.72. The molecule has 3 heterocycles. The zero-order valence-corrected chi connectivity index (χ0v) is 15.6. The van der Waals surface area contributed by atoms with Gasteiger partial charge in [-0.3, -0.25) is 0 Å². The van der Waals surface area contributed by atoms with Gasteiger partial charge in [-0.1, -0.05) is 11.6 Å². The molecule has 1 aliphatic rings. The van der Waals surface area contributed by atoms with E-state index in [1.807, 2.05) is 0 Å². The maximum atomic E-state index is 13.9. The van der Waals surface area contributed by atoms with Gasteiger partial charge >= 0.3 is 0 Å². The summed E-state index contributed by atoms with van der Waals surface area (Å²) in [5, 5.41) is 7.28. The molecule has 3 aromatic rings.